The van der Waals surface area contributed by atoms with Crippen molar-refractivity contribution in [2.24, 2.45) is 11.3 Å². The lowest BCUT2D eigenvalue weighted by molar-refractivity contribution is 0.169. The summed E-state index contributed by atoms with van der Waals surface area (Å²) in [7, 11) is 1.82. The zero-order valence-corrected chi connectivity index (χ0v) is 14.5. The van der Waals surface area contributed by atoms with Crippen LogP contribution in [0, 0.1) is 11.3 Å². The van der Waals surface area contributed by atoms with Gasteiger partial charge in [0, 0.05) is 6.42 Å². The van der Waals surface area contributed by atoms with Crippen molar-refractivity contribution < 1.29 is 4.74 Å². The van der Waals surface area contributed by atoms with Gasteiger partial charge in [-0.15, -0.1) is 0 Å². The molecular formula is C19H32O. The fourth-order valence-corrected chi connectivity index (χ4v) is 3.12. The predicted octanol–water partition coefficient (Wildman–Crippen LogP) is 6.04. The molecule has 0 spiro atoms. The Hall–Kier alpha value is -0.980. The summed E-state index contributed by atoms with van der Waals surface area (Å²) in [5, 5.41) is 0. The van der Waals surface area contributed by atoms with E-state index in [0.717, 1.165) is 18.8 Å². The van der Waals surface area contributed by atoms with Gasteiger partial charge in [0.2, 0.25) is 0 Å². The number of allylic oxidation sites excluding steroid dienone is 6. The fraction of sp³-hybridized carbons (Fsp3) is 0.684. The van der Waals surface area contributed by atoms with Crippen LogP contribution in [0.1, 0.15) is 67.2 Å². The highest BCUT2D eigenvalue weighted by molar-refractivity contribution is 5.25. The second-order valence-electron chi connectivity index (χ2n) is 7.07. The zero-order valence-electron chi connectivity index (χ0n) is 14.5. The molecule has 0 fully saturated rings. The fourth-order valence-electron chi connectivity index (χ4n) is 3.12. The largest absolute Gasteiger partial charge is 0.501 e. The third kappa shape index (κ3) is 4.26. The van der Waals surface area contributed by atoms with Crippen LogP contribution >= 0.6 is 0 Å². The van der Waals surface area contributed by atoms with Gasteiger partial charge < -0.3 is 4.74 Å². The zero-order chi connectivity index (χ0) is 15.3. The Bertz CT molecular complexity index is 413. The van der Waals surface area contributed by atoms with E-state index >= 15 is 0 Å². The number of hydrogen-bond acceptors (Lipinski definition) is 1. The summed E-state index contributed by atoms with van der Waals surface area (Å²) in [6.07, 6.45) is 9.27. The highest BCUT2D eigenvalue weighted by Crippen LogP contribution is 2.48. The van der Waals surface area contributed by atoms with Gasteiger partial charge in [0.15, 0.2) is 0 Å². The topological polar surface area (TPSA) is 9.23 Å². The molecule has 0 heterocycles. The van der Waals surface area contributed by atoms with Gasteiger partial charge in [-0.3, -0.25) is 0 Å². The first kappa shape index (κ1) is 17.1. The van der Waals surface area contributed by atoms with Crippen molar-refractivity contribution in [3.05, 3.63) is 34.6 Å². The van der Waals surface area contributed by atoms with Crippen molar-refractivity contribution in [3.63, 3.8) is 0 Å². The van der Waals surface area contributed by atoms with Crippen LogP contribution in [0.2, 0.25) is 0 Å². The molecule has 0 unspecified atom stereocenters. The van der Waals surface area contributed by atoms with Gasteiger partial charge in [0.05, 0.1) is 12.9 Å². The molecule has 1 aliphatic rings. The lowest BCUT2D eigenvalue weighted by atomic mass is 9.65. The number of methoxy groups -OCH3 is 1. The lowest BCUT2D eigenvalue weighted by Crippen LogP contribution is -2.31. The van der Waals surface area contributed by atoms with Gasteiger partial charge in [0.25, 0.3) is 0 Å². The Morgan fingerprint density at radius 2 is 1.75 bits per heavy atom. The second-order valence-corrected chi connectivity index (χ2v) is 7.07. The molecule has 0 radical (unpaired) electrons. The van der Waals surface area contributed by atoms with Crippen LogP contribution in [0.4, 0.5) is 0 Å². The summed E-state index contributed by atoms with van der Waals surface area (Å²) in [5.41, 5.74) is 4.53. The Morgan fingerprint density at radius 1 is 1.15 bits per heavy atom. The lowest BCUT2D eigenvalue weighted by Gasteiger charge is -2.41. The molecule has 114 valence electrons. The van der Waals surface area contributed by atoms with Crippen molar-refractivity contribution in [2.45, 2.75) is 67.2 Å². The van der Waals surface area contributed by atoms with Crippen LogP contribution in [0.25, 0.3) is 0 Å². The number of hydrogen-bond donors (Lipinski definition) is 0. The number of rotatable bonds is 5. The van der Waals surface area contributed by atoms with E-state index in [4.69, 9.17) is 4.74 Å². The van der Waals surface area contributed by atoms with Crippen molar-refractivity contribution in [2.75, 3.05) is 7.11 Å². The van der Waals surface area contributed by atoms with Gasteiger partial charge >= 0.3 is 0 Å². The summed E-state index contributed by atoms with van der Waals surface area (Å²) >= 11 is 0. The molecule has 20 heavy (non-hydrogen) atoms. The van der Waals surface area contributed by atoms with Crippen molar-refractivity contribution in [3.8, 4) is 0 Å². The number of ether oxygens (including phenoxy) is 1. The van der Waals surface area contributed by atoms with Gasteiger partial charge in [-0.05, 0) is 63.9 Å². The molecule has 1 atom stereocenters. The highest BCUT2D eigenvalue weighted by Gasteiger charge is 2.37. The molecule has 0 aromatic carbocycles. The van der Waals surface area contributed by atoms with Crippen LogP contribution in [0.15, 0.2) is 34.6 Å². The molecule has 1 aliphatic carbocycles. The predicted molar refractivity (Wildman–Crippen MR) is 88.6 cm³/mol. The van der Waals surface area contributed by atoms with E-state index in [9.17, 15) is 0 Å². The van der Waals surface area contributed by atoms with E-state index in [-0.39, 0.29) is 5.41 Å². The van der Waals surface area contributed by atoms with Crippen molar-refractivity contribution >= 4 is 0 Å². The molecule has 0 aliphatic heterocycles. The molecule has 0 amide bonds. The van der Waals surface area contributed by atoms with E-state index in [1.165, 1.54) is 35.3 Å². The molecule has 0 saturated heterocycles. The van der Waals surface area contributed by atoms with Crippen molar-refractivity contribution in [1.29, 1.82) is 0 Å². The third-order valence-electron chi connectivity index (χ3n) is 4.63. The quantitative estimate of drug-likeness (QED) is 0.556. The van der Waals surface area contributed by atoms with Gasteiger partial charge in [-0.25, -0.2) is 0 Å². The van der Waals surface area contributed by atoms with Gasteiger partial charge in [-0.2, -0.15) is 0 Å². The first-order valence-corrected chi connectivity index (χ1v) is 7.82. The minimum atomic E-state index is 0.224. The molecule has 0 saturated carbocycles. The average molecular weight is 276 g/mol. The minimum Gasteiger partial charge on any atom is -0.501 e. The van der Waals surface area contributed by atoms with E-state index in [1.807, 2.05) is 7.11 Å². The first-order chi connectivity index (χ1) is 9.28. The smallest absolute Gasteiger partial charge is 0.0956 e. The van der Waals surface area contributed by atoms with Crippen LogP contribution in [0.3, 0.4) is 0 Å². The third-order valence-corrected chi connectivity index (χ3v) is 4.63. The SMILES string of the molecule is COC1=C(CC=C(C)C)C(C)(C)[C@@H](CC=C(C)C)CC1. The summed E-state index contributed by atoms with van der Waals surface area (Å²) in [4.78, 5) is 0. The van der Waals surface area contributed by atoms with E-state index in [1.54, 1.807) is 0 Å². The molecule has 1 rings (SSSR count). The molecule has 0 bridgehead atoms. The standard InChI is InChI=1S/C19H32O/c1-14(2)8-10-16-11-13-18(20-7)17(19(16,5)6)12-9-15(3)4/h8-9,16H,10-13H2,1-7H3/t16-/m0/s1. The Kier molecular flexibility index (Phi) is 6.10. The van der Waals surface area contributed by atoms with E-state index < -0.39 is 0 Å². The monoisotopic (exact) mass is 276 g/mol. The molecule has 0 N–H and O–H groups in total. The second kappa shape index (κ2) is 7.15. The average Bonchev–Trinajstić information content (AvgIpc) is 2.34. The van der Waals surface area contributed by atoms with E-state index in [2.05, 4.69) is 53.7 Å². The molecule has 0 aromatic rings. The van der Waals surface area contributed by atoms with Crippen LogP contribution in [0.5, 0.6) is 0 Å². The minimum absolute atomic E-state index is 0.224. The molecule has 1 nitrogen and oxygen atoms in total. The van der Waals surface area contributed by atoms with Crippen LogP contribution in [-0.2, 0) is 4.74 Å². The highest BCUT2D eigenvalue weighted by atomic mass is 16.5. The van der Waals surface area contributed by atoms with E-state index in [0.29, 0.717) is 0 Å². The maximum absolute atomic E-state index is 5.68. The van der Waals surface area contributed by atoms with Gasteiger partial charge in [0.1, 0.15) is 0 Å². The Balaban J connectivity index is 3.03. The van der Waals surface area contributed by atoms with Crippen LogP contribution < -0.4 is 0 Å². The summed E-state index contributed by atoms with van der Waals surface area (Å²) in [5.74, 6) is 1.94. The maximum atomic E-state index is 5.68. The summed E-state index contributed by atoms with van der Waals surface area (Å²) in [6.45, 7) is 13.5. The molecule has 0 aromatic heterocycles. The first-order valence-electron chi connectivity index (χ1n) is 7.82. The molecular weight excluding hydrogens is 244 g/mol. The molecule has 1 heteroatoms. The van der Waals surface area contributed by atoms with Crippen LogP contribution in [-0.4, -0.2) is 7.11 Å². The van der Waals surface area contributed by atoms with Gasteiger partial charge in [-0.1, -0.05) is 37.1 Å². The maximum Gasteiger partial charge on any atom is 0.0956 e. The normalized spacial score (nSPS) is 21.4. The van der Waals surface area contributed by atoms with Crippen molar-refractivity contribution in [1.82, 2.24) is 0 Å². The summed E-state index contributed by atoms with van der Waals surface area (Å²) < 4.78 is 5.68. The Labute approximate surface area is 125 Å². The summed E-state index contributed by atoms with van der Waals surface area (Å²) in [6, 6.07) is 0. The Morgan fingerprint density at radius 3 is 2.25 bits per heavy atom.